The van der Waals surface area contributed by atoms with Gasteiger partial charge in [0.05, 0.1) is 20.8 Å². The number of piperidine rings is 1. The van der Waals surface area contributed by atoms with Crippen LogP contribution in [0.1, 0.15) is 46.9 Å². The van der Waals surface area contributed by atoms with Crippen molar-refractivity contribution in [1.82, 2.24) is 15.1 Å². The highest BCUT2D eigenvalue weighted by Crippen LogP contribution is 2.39. The zero-order valence-corrected chi connectivity index (χ0v) is 21.0. The molecule has 2 aromatic rings. The number of hydrogen-bond acceptors (Lipinski definition) is 6. The Morgan fingerprint density at radius 3 is 1.94 bits per heavy atom. The molecule has 0 aliphatic carbocycles. The van der Waals surface area contributed by atoms with Gasteiger partial charge in [0.15, 0.2) is 0 Å². The summed E-state index contributed by atoms with van der Waals surface area (Å²) in [6, 6.07) is 13.1. The van der Waals surface area contributed by atoms with Crippen LogP contribution in [0.5, 0.6) is 11.5 Å². The number of carbonyl (C=O) groups excluding carboxylic acids is 3. The zero-order chi connectivity index (χ0) is 25.7. The zero-order valence-electron chi connectivity index (χ0n) is 21.0. The number of ether oxygens (including phenoxy) is 3. The lowest BCUT2D eigenvalue weighted by Gasteiger charge is -2.44. The first-order valence-electron chi connectivity index (χ1n) is 12.2. The van der Waals surface area contributed by atoms with E-state index in [1.165, 1.54) is 0 Å². The smallest absolute Gasteiger partial charge is 0.256 e. The van der Waals surface area contributed by atoms with Crippen molar-refractivity contribution in [2.24, 2.45) is 0 Å². The van der Waals surface area contributed by atoms with E-state index in [1.54, 1.807) is 72.6 Å². The number of benzene rings is 2. The van der Waals surface area contributed by atoms with Gasteiger partial charge in [0.2, 0.25) is 5.91 Å². The maximum Gasteiger partial charge on any atom is 0.256 e. The van der Waals surface area contributed by atoms with E-state index < -0.39 is 11.8 Å². The van der Waals surface area contributed by atoms with Crippen molar-refractivity contribution in [3.05, 3.63) is 59.7 Å². The minimum Gasteiger partial charge on any atom is -0.497 e. The van der Waals surface area contributed by atoms with Crippen molar-refractivity contribution < 1.29 is 28.6 Å². The van der Waals surface area contributed by atoms with Crippen LogP contribution in [0.4, 0.5) is 0 Å². The summed E-state index contributed by atoms with van der Waals surface area (Å²) >= 11 is 0. The number of rotatable bonds is 7. The normalized spacial score (nSPS) is 18.7. The minimum absolute atomic E-state index is 0.0873. The monoisotopic (exact) mass is 495 g/mol. The molecule has 2 aliphatic heterocycles. The van der Waals surface area contributed by atoms with Gasteiger partial charge in [-0.25, -0.2) is 0 Å². The topological polar surface area (TPSA) is 97.4 Å². The van der Waals surface area contributed by atoms with Gasteiger partial charge < -0.3 is 24.4 Å². The van der Waals surface area contributed by atoms with Crippen molar-refractivity contribution in [3.63, 3.8) is 0 Å². The van der Waals surface area contributed by atoms with Crippen molar-refractivity contribution in [2.45, 2.75) is 38.0 Å². The highest BCUT2D eigenvalue weighted by molar-refractivity contribution is 5.99. The van der Waals surface area contributed by atoms with E-state index in [9.17, 15) is 14.4 Å². The van der Waals surface area contributed by atoms with Gasteiger partial charge in [-0.15, -0.1) is 0 Å². The Balaban J connectivity index is 1.54. The van der Waals surface area contributed by atoms with Gasteiger partial charge in [-0.2, -0.15) is 0 Å². The molecule has 1 unspecified atom stereocenters. The van der Waals surface area contributed by atoms with Crippen LogP contribution in [0.2, 0.25) is 0 Å². The van der Waals surface area contributed by atoms with Crippen LogP contribution in [0.25, 0.3) is 0 Å². The number of amides is 3. The molecule has 36 heavy (non-hydrogen) atoms. The SMILES string of the molecule is CCCNC(=O)C1COC2(CCN(C(=O)c3ccc(OC)cc3)CC2)N1C(=O)c1ccc(OC)cc1. The van der Waals surface area contributed by atoms with Crippen LogP contribution in [-0.2, 0) is 9.53 Å². The molecular weight excluding hydrogens is 462 g/mol. The maximum atomic E-state index is 13.7. The van der Waals surface area contributed by atoms with Crippen molar-refractivity contribution in [3.8, 4) is 11.5 Å². The Morgan fingerprint density at radius 1 is 0.917 bits per heavy atom. The van der Waals surface area contributed by atoms with Crippen LogP contribution in [0, 0.1) is 0 Å². The molecule has 4 rings (SSSR count). The average Bonchev–Trinajstić information content (AvgIpc) is 3.29. The van der Waals surface area contributed by atoms with Crippen LogP contribution in [0.15, 0.2) is 48.5 Å². The van der Waals surface area contributed by atoms with E-state index in [-0.39, 0.29) is 24.3 Å². The first kappa shape index (κ1) is 25.5. The van der Waals surface area contributed by atoms with Gasteiger partial charge in [-0.05, 0) is 55.0 Å². The number of likely N-dealkylation sites (tertiary alicyclic amines) is 1. The molecule has 2 fully saturated rings. The molecule has 1 atom stereocenters. The van der Waals surface area contributed by atoms with Gasteiger partial charge in [0.1, 0.15) is 23.3 Å². The van der Waals surface area contributed by atoms with E-state index in [1.807, 2.05) is 6.92 Å². The second-order valence-electron chi connectivity index (χ2n) is 8.99. The van der Waals surface area contributed by atoms with Gasteiger partial charge in [0.25, 0.3) is 11.8 Å². The lowest BCUT2D eigenvalue weighted by Crippen LogP contribution is -2.59. The van der Waals surface area contributed by atoms with E-state index in [4.69, 9.17) is 14.2 Å². The molecule has 1 spiro atoms. The first-order valence-corrected chi connectivity index (χ1v) is 12.2. The summed E-state index contributed by atoms with van der Waals surface area (Å²) in [4.78, 5) is 43.2. The fraction of sp³-hybridized carbons (Fsp3) is 0.444. The highest BCUT2D eigenvalue weighted by atomic mass is 16.5. The Labute approximate surface area is 211 Å². The van der Waals surface area contributed by atoms with Crippen molar-refractivity contribution >= 4 is 17.7 Å². The molecule has 1 N–H and O–H groups in total. The largest absolute Gasteiger partial charge is 0.497 e. The molecule has 2 heterocycles. The van der Waals surface area contributed by atoms with Gasteiger partial charge in [0, 0.05) is 43.6 Å². The fourth-order valence-corrected chi connectivity index (χ4v) is 4.78. The summed E-state index contributed by atoms with van der Waals surface area (Å²) in [5, 5.41) is 2.90. The number of nitrogens with one attached hydrogen (secondary N) is 1. The van der Waals surface area contributed by atoms with Crippen molar-refractivity contribution in [2.75, 3.05) is 40.5 Å². The summed E-state index contributed by atoms with van der Waals surface area (Å²) in [5.41, 5.74) is 0.0647. The standard InChI is InChI=1S/C27H33N3O6/c1-4-15-28-24(31)23-18-36-27(30(23)26(33)20-7-11-22(35-3)12-8-20)13-16-29(17-14-27)25(32)19-5-9-21(34-2)10-6-19/h5-12,23H,4,13-18H2,1-3H3,(H,28,31). The summed E-state index contributed by atoms with van der Waals surface area (Å²) < 4.78 is 16.6. The molecule has 2 aliphatic rings. The van der Waals surface area contributed by atoms with E-state index in [0.717, 1.165) is 6.42 Å². The summed E-state index contributed by atoms with van der Waals surface area (Å²) in [5.74, 6) is 0.731. The molecule has 0 saturated carbocycles. The average molecular weight is 496 g/mol. The van der Waals surface area contributed by atoms with Crippen LogP contribution < -0.4 is 14.8 Å². The van der Waals surface area contributed by atoms with Gasteiger partial charge in [-0.3, -0.25) is 19.3 Å². The molecule has 3 amide bonds. The Bertz CT molecular complexity index is 1080. The number of nitrogens with zero attached hydrogens (tertiary/aromatic N) is 2. The Kier molecular flexibility index (Phi) is 7.79. The predicted octanol–water partition coefficient (Wildman–Crippen LogP) is 2.70. The van der Waals surface area contributed by atoms with Crippen molar-refractivity contribution in [1.29, 1.82) is 0 Å². The van der Waals surface area contributed by atoms with Crippen LogP contribution in [-0.4, -0.2) is 79.7 Å². The molecule has 2 saturated heterocycles. The molecule has 9 heteroatoms. The lowest BCUT2D eigenvalue weighted by atomic mass is 9.96. The maximum absolute atomic E-state index is 13.7. The summed E-state index contributed by atoms with van der Waals surface area (Å²) in [6.07, 6.45) is 1.61. The Hall–Kier alpha value is -3.59. The predicted molar refractivity (Wildman–Crippen MR) is 133 cm³/mol. The highest BCUT2D eigenvalue weighted by Gasteiger charge is 2.54. The summed E-state index contributed by atoms with van der Waals surface area (Å²) in [7, 11) is 3.15. The third kappa shape index (κ3) is 5.02. The quantitative estimate of drug-likeness (QED) is 0.635. The number of carbonyl (C=O) groups is 3. The van der Waals surface area contributed by atoms with Crippen LogP contribution in [0.3, 0.4) is 0 Å². The number of methoxy groups -OCH3 is 2. The molecule has 0 aromatic heterocycles. The Morgan fingerprint density at radius 2 is 1.44 bits per heavy atom. The fourth-order valence-electron chi connectivity index (χ4n) is 4.78. The van der Waals surface area contributed by atoms with Crippen LogP contribution >= 0.6 is 0 Å². The van der Waals surface area contributed by atoms with E-state index in [0.29, 0.717) is 55.1 Å². The first-order chi connectivity index (χ1) is 17.4. The lowest BCUT2D eigenvalue weighted by molar-refractivity contribution is -0.128. The summed E-state index contributed by atoms with van der Waals surface area (Å²) in [6.45, 7) is 3.42. The minimum atomic E-state index is -0.956. The third-order valence-electron chi connectivity index (χ3n) is 6.84. The molecular formula is C27H33N3O6. The van der Waals surface area contributed by atoms with E-state index >= 15 is 0 Å². The third-order valence-corrected chi connectivity index (χ3v) is 6.84. The molecule has 2 aromatic carbocycles. The molecule has 9 nitrogen and oxygen atoms in total. The second kappa shape index (κ2) is 11.0. The molecule has 192 valence electrons. The van der Waals surface area contributed by atoms with Gasteiger partial charge in [-0.1, -0.05) is 6.92 Å². The van der Waals surface area contributed by atoms with E-state index in [2.05, 4.69) is 5.32 Å². The number of hydrogen-bond donors (Lipinski definition) is 1. The molecule has 0 radical (unpaired) electrons. The van der Waals surface area contributed by atoms with Gasteiger partial charge >= 0.3 is 0 Å². The molecule has 0 bridgehead atoms. The second-order valence-corrected chi connectivity index (χ2v) is 8.99.